The Morgan fingerprint density at radius 3 is 2.64 bits per heavy atom. The molecular formula is C20H19ClFN3O6S2. The number of benzene rings is 1. The van der Waals surface area contributed by atoms with E-state index < -0.39 is 40.2 Å². The number of halogens is 2. The average molecular weight is 516 g/mol. The van der Waals surface area contributed by atoms with Gasteiger partial charge in [-0.05, 0) is 42.8 Å². The molecule has 0 saturated carbocycles. The molecule has 0 saturated heterocycles. The van der Waals surface area contributed by atoms with Gasteiger partial charge < -0.3 is 14.9 Å². The van der Waals surface area contributed by atoms with E-state index in [9.17, 15) is 27.2 Å². The Balaban J connectivity index is 1.66. The van der Waals surface area contributed by atoms with Gasteiger partial charge in [0.15, 0.2) is 0 Å². The molecule has 0 radical (unpaired) electrons. The van der Waals surface area contributed by atoms with Crippen LogP contribution in [0.15, 0.2) is 42.1 Å². The van der Waals surface area contributed by atoms with Gasteiger partial charge in [0, 0.05) is 24.0 Å². The SMILES string of the molecule is CN(CC(=O)O)C(=O)c1ccc(N2CC=C(NS(=O)(=O)CCc3ccc(Cl)s3)C2=O)c(F)c1. The lowest BCUT2D eigenvalue weighted by Gasteiger charge is -2.19. The maximum absolute atomic E-state index is 14.7. The highest BCUT2D eigenvalue weighted by Gasteiger charge is 2.30. The number of rotatable bonds is 9. The number of hydrogen-bond acceptors (Lipinski definition) is 6. The summed E-state index contributed by atoms with van der Waals surface area (Å²) in [5, 5.41) is 8.78. The monoisotopic (exact) mass is 515 g/mol. The maximum Gasteiger partial charge on any atom is 0.323 e. The number of anilines is 1. The first-order valence-corrected chi connectivity index (χ1v) is 12.3. The number of carbonyl (C=O) groups excluding carboxylic acids is 2. The van der Waals surface area contributed by atoms with E-state index in [1.54, 1.807) is 12.1 Å². The van der Waals surface area contributed by atoms with Crippen molar-refractivity contribution in [3.05, 3.63) is 62.7 Å². The van der Waals surface area contributed by atoms with E-state index in [1.807, 2.05) is 0 Å². The number of aliphatic carboxylic acids is 1. The van der Waals surface area contributed by atoms with Crippen LogP contribution < -0.4 is 9.62 Å². The first-order valence-electron chi connectivity index (χ1n) is 9.50. The lowest BCUT2D eigenvalue weighted by Crippen LogP contribution is -2.35. The lowest BCUT2D eigenvalue weighted by molar-refractivity contribution is -0.137. The molecule has 0 bridgehead atoms. The number of carboxylic acid groups (broad SMARTS) is 1. The summed E-state index contributed by atoms with van der Waals surface area (Å²) in [6.07, 6.45) is 1.55. The van der Waals surface area contributed by atoms with Gasteiger partial charge in [-0.1, -0.05) is 11.6 Å². The van der Waals surface area contributed by atoms with Crippen LogP contribution in [0, 0.1) is 5.82 Å². The first-order chi connectivity index (χ1) is 15.5. The van der Waals surface area contributed by atoms with Crippen LogP contribution in [0.1, 0.15) is 15.2 Å². The molecule has 0 aliphatic carbocycles. The molecule has 3 rings (SSSR count). The topological polar surface area (TPSA) is 124 Å². The highest BCUT2D eigenvalue weighted by Crippen LogP contribution is 2.26. The van der Waals surface area contributed by atoms with E-state index >= 15 is 0 Å². The number of carbonyl (C=O) groups is 3. The minimum atomic E-state index is -3.83. The highest BCUT2D eigenvalue weighted by atomic mass is 35.5. The minimum Gasteiger partial charge on any atom is -0.480 e. The predicted molar refractivity (Wildman–Crippen MR) is 121 cm³/mol. The van der Waals surface area contributed by atoms with E-state index in [0.717, 1.165) is 20.7 Å². The number of amides is 2. The molecule has 0 unspecified atom stereocenters. The van der Waals surface area contributed by atoms with E-state index in [-0.39, 0.29) is 35.7 Å². The van der Waals surface area contributed by atoms with Crippen LogP contribution in [0.2, 0.25) is 4.34 Å². The molecule has 2 N–H and O–H groups in total. The third-order valence-electron chi connectivity index (χ3n) is 4.67. The van der Waals surface area contributed by atoms with Crippen LogP contribution in [0.5, 0.6) is 0 Å². The zero-order valence-corrected chi connectivity index (χ0v) is 19.6. The Bertz CT molecular complexity index is 1240. The summed E-state index contributed by atoms with van der Waals surface area (Å²) in [5.41, 5.74) is -0.426. The number of sulfonamides is 1. The van der Waals surface area contributed by atoms with Crippen molar-refractivity contribution < 1.29 is 32.3 Å². The molecule has 0 spiro atoms. The summed E-state index contributed by atoms with van der Waals surface area (Å²) in [5.74, 6) is -3.80. The van der Waals surface area contributed by atoms with Crippen molar-refractivity contribution in [2.45, 2.75) is 6.42 Å². The summed E-state index contributed by atoms with van der Waals surface area (Å²) in [7, 11) is -2.57. The molecule has 1 aromatic heterocycles. The fourth-order valence-corrected chi connectivity index (χ4v) is 5.40. The first kappa shape index (κ1) is 24.7. The average Bonchev–Trinajstić information content (AvgIpc) is 3.31. The highest BCUT2D eigenvalue weighted by molar-refractivity contribution is 7.89. The quantitative estimate of drug-likeness (QED) is 0.527. The summed E-state index contributed by atoms with van der Waals surface area (Å²) in [4.78, 5) is 38.4. The minimum absolute atomic E-state index is 0.0691. The summed E-state index contributed by atoms with van der Waals surface area (Å²) >= 11 is 7.10. The van der Waals surface area contributed by atoms with E-state index in [2.05, 4.69) is 4.72 Å². The molecule has 0 fully saturated rings. The van der Waals surface area contributed by atoms with Gasteiger partial charge in [0.2, 0.25) is 10.0 Å². The summed E-state index contributed by atoms with van der Waals surface area (Å²) in [6.45, 7) is -0.625. The second-order valence-corrected chi connectivity index (χ2v) is 10.8. The molecule has 1 aromatic carbocycles. The van der Waals surface area contributed by atoms with Crippen molar-refractivity contribution >= 4 is 56.4 Å². The molecule has 2 heterocycles. The van der Waals surface area contributed by atoms with Crippen LogP contribution in [-0.2, 0) is 26.0 Å². The van der Waals surface area contributed by atoms with Gasteiger partial charge in [0.25, 0.3) is 11.8 Å². The predicted octanol–water partition coefficient (Wildman–Crippen LogP) is 2.09. The van der Waals surface area contributed by atoms with Gasteiger partial charge in [0.1, 0.15) is 18.1 Å². The van der Waals surface area contributed by atoms with Crippen LogP contribution in [0.4, 0.5) is 10.1 Å². The van der Waals surface area contributed by atoms with Crippen LogP contribution >= 0.6 is 22.9 Å². The summed E-state index contributed by atoms with van der Waals surface area (Å²) in [6, 6.07) is 6.76. The van der Waals surface area contributed by atoms with Crippen molar-refractivity contribution in [2.75, 3.05) is 30.8 Å². The number of nitrogens with one attached hydrogen (secondary N) is 1. The Morgan fingerprint density at radius 1 is 1.30 bits per heavy atom. The summed E-state index contributed by atoms with van der Waals surface area (Å²) < 4.78 is 42.2. The Morgan fingerprint density at radius 2 is 2.03 bits per heavy atom. The largest absolute Gasteiger partial charge is 0.480 e. The van der Waals surface area contributed by atoms with Crippen molar-refractivity contribution in [1.82, 2.24) is 9.62 Å². The van der Waals surface area contributed by atoms with Crippen molar-refractivity contribution in [1.29, 1.82) is 0 Å². The van der Waals surface area contributed by atoms with Gasteiger partial charge in [-0.25, -0.2) is 12.8 Å². The van der Waals surface area contributed by atoms with Gasteiger partial charge in [-0.2, -0.15) is 0 Å². The Hall–Kier alpha value is -2.96. The number of aryl methyl sites for hydroxylation is 1. The zero-order chi connectivity index (χ0) is 24.3. The van der Waals surface area contributed by atoms with Gasteiger partial charge in [0.05, 0.1) is 15.8 Å². The second kappa shape index (κ2) is 9.89. The number of likely N-dealkylation sites (N-methyl/N-ethyl adjacent to an activating group) is 1. The van der Waals surface area contributed by atoms with Crippen LogP contribution in [-0.4, -0.2) is 62.1 Å². The third-order valence-corrected chi connectivity index (χ3v) is 7.23. The van der Waals surface area contributed by atoms with Crippen LogP contribution in [0.3, 0.4) is 0 Å². The fraction of sp³-hybridized carbons (Fsp3) is 0.250. The number of nitrogens with zero attached hydrogens (tertiary/aromatic N) is 2. The van der Waals surface area contributed by atoms with Crippen molar-refractivity contribution in [2.24, 2.45) is 0 Å². The number of thiophene rings is 1. The molecular weight excluding hydrogens is 497 g/mol. The number of hydrogen-bond donors (Lipinski definition) is 2. The molecule has 2 amide bonds. The standard InChI is InChI=1S/C20H19ClFN3O6S2/c1-24(11-18(26)27)19(28)12-2-4-16(14(22)10-12)25-8-6-15(20(25)29)23-33(30,31)9-7-13-3-5-17(21)32-13/h2-6,10,23H,7-9,11H2,1H3,(H,26,27). The van der Waals surface area contributed by atoms with Gasteiger partial charge in [-0.3, -0.25) is 19.1 Å². The van der Waals surface area contributed by atoms with Crippen molar-refractivity contribution in [3.63, 3.8) is 0 Å². The lowest BCUT2D eigenvalue weighted by atomic mass is 10.1. The molecule has 1 aliphatic heterocycles. The Kier molecular flexibility index (Phi) is 7.40. The van der Waals surface area contributed by atoms with E-state index in [4.69, 9.17) is 16.7 Å². The maximum atomic E-state index is 14.7. The molecule has 9 nitrogen and oxygen atoms in total. The third kappa shape index (κ3) is 6.09. The molecule has 2 aromatic rings. The second-order valence-electron chi connectivity index (χ2n) is 7.13. The smallest absolute Gasteiger partial charge is 0.323 e. The Labute approximate surface area is 198 Å². The van der Waals surface area contributed by atoms with E-state index in [0.29, 0.717) is 4.34 Å². The van der Waals surface area contributed by atoms with Crippen molar-refractivity contribution in [3.8, 4) is 0 Å². The molecule has 176 valence electrons. The molecule has 0 atom stereocenters. The molecule has 13 heteroatoms. The molecule has 33 heavy (non-hydrogen) atoms. The zero-order valence-electron chi connectivity index (χ0n) is 17.2. The number of carboxylic acids is 1. The normalized spacial score (nSPS) is 13.7. The van der Waals surface area contributed by atoms with Gasteiger partial charge >= 0.3 is 5.97 Å². The molecule has 1 aliphatic rings. The van der Waals surface area contributed by atoms with Gasteiger partial charge in [-0.15, -0.1) is 11.3 Å². The van der Waals surface area contributed by atoms with Crippen LogP contribution in [0.25, 0.3) is 0 Å². The fourth-order valence-electron chi connectivity index (χ4n) is 3.08. The van der Waals surface area contributed by atoms with E-state index in [1.165, 1.54) is 36.6 Å².